The average molecular weight is 277 g/mol. The van der Waals surface area contributed by atoms with Gasteiger partial charge in [-0.1, -0.05) is 32.9 Å². The molecule has 0 aromatic heterocycles. The van der Waals surface area contributed by atoms with Crippen molar-refractivity contribution >= 4 is 5.91 Å². The molecule has 2 aliphatic carbocycles. The minimum atomic E-state index is 0.178. The summed E-state index contributed by atoms with van der Waals surface area (Å²) in [6, 6.07) is 0. The van der Waals surface area contributed by atoms with Crippen LogP contribution in [0, 0.1) is 23.2 Å². The molecule has 0 spiro atoms. The Morgan fingerprint density at radius 3 is 2.70 bits per heavy atom. The summed E-state index contributed by atoms with van der Waals surface area (Å²) in [5.41, 5.74) is 0.494. The van der Waals surface area contributed by atoms with Crippen LogP contribution < -0.4 is 0 Å². The molecule has 0 aromatic carbocycles. The molecule has 0 aromatic rings. The predicted molar refractivity (Wildman–Crippen MR) is 84.4 cm³/mol. The molecular weight excluding hydrogens is 246 g/mol. The molecule has 0 radical (unpaired) electrons. The second-order valence-electron chi connectivity index (χ2n) is 7.07. The van der Waals surface area contributed by atoms with E-state index in [2.05, 4.69) is 44.7 Å². The summed E-state index contributed by atoms with van der Waals surface area (Å²) in [5.74, 6) is 2.10. The summed E-state index contributed by atoms with van der Waals surface area (Å²) in [6.45, 7) is 10.6. The van der Waals surface area contributed by atoms with Gasteiger partial charge in [-0.05, 0) is 56.3 Å². The van der Waals surface area contributed by atoms with Gasteiger partial charge in [0.25, 0.3) is 0 Å². The third-order valence-corrected chi connectivity index (χ3v) is 5.83. The van der Waals surface area contributed by atoms with Gasteiger partial charge in [0.15, 0.2) is 0 Å². The third-order valence-electron chi connectivity index (χ3n) is 5.83. The third kappa shape index (κ3) is 3.10. The number of carbonyl (C=O) groups is 1. The van der Waals surface area contributed by atoms with Crippen LogP contribution in [0.4, 0.5) is 0 Å². The summed E-state index contributed by atoms with van der Waals surface area (Å²) >= 11 is 0. The largest absolute Gasteiger partial charge is 0.342 e. The molecule has 0 saturated heterocycles. The fourth-order valence-electron chi connectivity index (χ4n) is 3.76. The summed E-state index contributed by atoms with van der Waals surface area (Å²) in [5, 5.41) is 0. The highest BCUT2D eigenvalue weighted by Gasteiger charge is 2.54. The Hall–Kier alpha value is -0.790. The SMILES string of the molecule is CCC(C)C(=O)N(CC)CC1CC1(C)C1CC=CCC1. The number of nitrogens with zero attached hydrogens (tertiary/aromatic N) is 1. The van der Waals surface area contributed by atoms with Gasteiger partial charge in [-0.25, -0.2) is 0 Å². The van der Waals surface area contributed by atoms with Gasteiger partial charge in [0.1, 0.15) is 0 Å². The first-order valence-electron chi connectivity index (χ1n) is 8.46. The van der Waals surface area contributed by atoms with Gasteiger partial charge in [0.2, 0.25) is 5.91 Å². The van der Waals surface area contributed by atoms with Gasteiger partial charge in [0, 0.05) is 19.0 Å². The molecule has 2 aliphatic rings. The molecule has 0 N–H and O–H groups in total. The average Bonchev–Trinajstić information content (AvgIpc) is 3.15. The van der Waals surface area contributed by atoms with Gasteiger partial charge in [0.05, 0.1) is 0 Å². The van der Waals surface area contributed by atoms with E-state index in [-0.39, 0.29) is 5.92 Å². The topological polar surface area (TPSA) is 20.3 Å². The van der Waals surface area contributed by atoms with E-state index in [0.29, 0.717) is 11.3 Å². The highest BCUT2D eigenvalue weighted by Crippen LogP contribution is 2.60. The van der Waals surface area contributed by atoms with Crippen LogP contribution in [0.15, 0.2) is 12.2 Å². The Bertz CT molecular complexity index is 376. The molecule has 4 unspecified atom stereocenters. The number of hydrogen-bond donors (Lipinski definition) is 0. The first-order valence-corrected chi connectivity index (χ1v) is 8.46. The lowest BCUT2D eigenvalue weighted by molar-refractivity contribution is -0.135. The normalized spacial score (nSPS) is 33.8. The molecular formula is C18H31NO. The molecule has 114 valence electrons. The van der Waals surface area contributed by atoms with Crippen molar-refractivity contribution < 1.29 is 4.79 Å². The lowest BCUT2D eigenvalue weighted by Gasteiger charge is -2.29. The maximum Gasteiger partial charge on any atom is 0.225 e. The zero-order valence-corrected chi connectivity index (χ0v) is 13.7. The molecule has 0 aliphatic heterocycles. The first-order chi connectivity index (χ1) is 9.52. The van der Waals surface area contributed by atoms with E-state index in [1.165, 1.54) is 25.7 Å². The monoisotopic (exact) mass is 277 g/mol. The number of allylic oxidation sites excluding steroid dienone is 2. The van der Waals surface area contributed by atoms with Gasteiger partial charge < -0.3 is 4.90 Å². The predicted octanol–water partition coefficient (Wildman–Crippen LogP) is 4.26. The number of carbonyl (C=O) groups excluding carboxylic acids is 1. The van der Waals surface area contributed by atoms with Gasteiger partial charge >= 0.3 is 0 Å². The minimum absolute atomic E-state index is 0.178. The lowest BCUT2D eigenvalue weighted by atomic mass is 9.80. The number of rotatable bonds is 6. The summed E-state index contributed by atoms with van der Waals surface area (Å²) in [4.78, 5) is 14.5. The van der Waals surface area contributed by atoms with Crippen molar-refractivity contribution in [1.82, 2.24) is 4.90 Å². The molecule has 20 heavy (non-hydrogen) atoms. The molecule has 1 amide bonds. The molecule has 0 bridgehead atoms. The van der Waals surface area contributed by atoms with Crippen LogP contribution >= 0.6 is 0 Å². The van der Waals surface area contributed by atoms with Crippen LogP contribution in [0.2, 0.25) is 0 Å². The van der Waals surface area contributed by atoms with Crippen molar-refractivity contribution in [3.05, 3.63) is 12.2 Å². The highest BCUT2D eigenvalue weighted by molar-refractivity contribution is 5.78. The van der Waals surface area contributed by atoms with Crippen molar-refractivity contribution in [3.63, 3.8) is 0 Å². The summed E-state index contributed by atoms with van der Waals surface area (Å²) in [6.07, 6.45) is 10.8. The van der Waals surface area contributed by atoms with E-state index < -0.39 is 0 Å². The standard InChI is InChI=1S/C18H31NO/c1-5-14(3)17(20)19(6-2)13-16-12-18(16,4)15-10-8-7-9-11-15/h7-8,14-16H,5-6,9-13H2,1-4H3. The van der Waals surface area contributed by atoms with Gasteiger partial charge in [-0.2, -0.15) is 0 Å². The van der Waals surface area contributed by atoms with Crippen molar-refractivity contribution in [2.75, 3.05) is 13.1 Å². The van der Waals surface area contributed by atoms with E-state index in [9.17, 15) is 4.79 Å². The Balaban J connectivity index is 1.90. The first kappa shape index (κ1) is 15.6. The van der Waals surface area contributed by atoms with Crippen LogP contribution in [0.3, 0.4) is 0 Å². The zero-order chi connectivity index (χ0) is 14.8. The Kier molecular flexibility index (Phi) is 4.93. The molecule has 1 fully saturated rings. The van der Waals surface area contributed by atoms with Crippen molar-refractivity contribution in [1.29, 1.82) is 0 Å². The Labute approximate surface area is 124 Å². The second-order valence-corrected chi connectivity index (χ2v) is 7.07. The molecule has 1 saturated carbocycles. The fourth-order valence-corrected chi connectivity index (χ4v) is 3.76. The lowest BCUT2D eigenvalue weighted by Crippen LogP contribution is -2.37. The van der Waals surface area contributed by atoms with Crippen LogP contribution in [0.1, 0.15) is 59.8 Å². The van der Waals surface area contributed by atoms with Gasteiger partial charge in [-0.15, -0.1) is 0 Å². The quantitative estimate of drug-likeness (QED) is 0.664. The van der Waals surface area contributed by atoms with Crippen LogP contribution in [0.25, 0.3) is 0 Å². The van der Waals surface area contributed by atoms with E-state index in [1.54, 1.807) is 0 Å². The highest BCUT2D eigenvalue weighted by atomic mass is 16.2. The smallest absolute Gasteiger partial charge is 0.225 e. The van der Waals surface area contributed by atoms with E-state index >= 15 is 0 Å². The van der Waals surface area contributed by atoms with E-state index in [0.717, 1.165) is 31.3 Å². The Morgan fingerprint density at radius 2 is 2.15 bits per heavy atom. The van der Waals surface area contributed by atoms with E-state index in [4.69, 9.17) is 0 Å². The van der Waals surface area contributed by atoms with Crippen LogP contribution in [0.5, 0.6) is 0 Å². The van der Waals surface area contributed by atoms with Crippen molar-refractivity contribution in [3.8, 4) is 0 Å². The minimum Gasteiger partial charge on any atom is -0.342 e. The summed E-state index contributed by atoms with van der Waals surface area (Å²) < 4.78 is 0. The fraction of sp³-hybridized carbons (Fsp3) is 0.833. The number of amides is 1. The maximum absolute atomic E-state index is 12.4. The van der Waals surface area contributed by atoms with E-state index in [1.807, 2.05) is 0 Å². The van der Waals surface area contributed by atoms with Crippen LogP contribution in [-0.2, 0) is 4.79 Å². The molecule has 2 rings (SSSR count). The zero-order valence-electron chi connectivity index (χ0n) is 13.7. The number of hydrogen-bond acceptors (Lipinski definition) is 1. The van der Waals surface area contributed by atoms with Gasteiger partial charge in [-0.3, -0.25) is 4.79 Å². The van der Waals surface area contributed by atoms with Crippen molar-refractivity contribution in [2.24, 2.45) is 23.2 Å². The van der Waals surface area contributed by atoms with Crippen LogP contribution in [-0.4, -0.2) is 23.9 Å². The molecule has 4 atom stereocenters. The molecule has 2 heteroatoms. The molecule has 0 heterocycles. The Morgan fingerprint density at radius 1 is 1.40 bits per heavy atom. The summed E-state index contributed by atoms with van der Waals surface area (Å²) in [7, 11) is 0. The molecule has 2 nitrogen and oxygen atoms in total. The maximum atomic E-state index is 12.4. The second kappa shape index (κ2) is 6.32. The van der Waals surface area contributed by atoms with Crippen molar-refractivity contribution in [2.45, 2.75) is 59.8 Å².